The molecule has 1 aliphatic heterocycles. The average molecular weight is 353 g/mol. The Labute approximate surface area is 152 Å². The Hall–Kier alpha value is -3.09. The number of fused-ring (bicyclic) bond motifs is 1. The van der Waals surface area contributed by atoms with Gasteiger partial charge in [-0.1, -0.05) is 13.0 Å². The third-order valence-electron chi connectivity index (χ3n) is 3.88. The largest absolute Gasteiger partial charge is 0.462 e. The number of esters is 1. The van der Waals surface area contributed by atoms with Crippen LogP contribution in [0.1, 0.15) is 20.3 Å². The predicted molar refractivity (Wildman–Crippen MR) is 103 cm³/mol. The molecule has 2 aromatic rings. The molecule has 7 nitrogen and oxygen atoms in total. The highest BCUT2D eigenvalue weighted by atomic mass is 16.5. The monoisotopic (exact) mass is 353 g/mol. The lowest BCUT2D eigenvalue weighted by atomic mass is 10.1. The Morgan fingerprint density at radius 2 is 2.15 bits per heavy atom. The smallest absolute Gasteiger partial charge is 0.343 e. The summed E-state index contributed by atoms with van der Waals surface area (Å²) in [5, 5.41) is 11.8. The van der Waals surface area contributed by atoms with Crippen LogP contribution in [-0.4, -0.2) is 36.2 Å². The molecule has 0 amide bonds. The summed E-state index contributed by atoms with van der Waals surface area (Å²) in [6.07, 6.45) is 5.79. The molecule has 0 saturated carbocycles. The van der Waals surface area contributed by atoms with Crippen LogP contribution >= 0.6 is 0 Å². The van der Waals surface area contributed by atoms with Crippen LogP contribution < -0.4 is 16.0 Å². The number of rotatable bonds is 6. The zero-order valence-corrected chi connectivity index (χ0v) is 15.0. The molecule has 1 unspecified atom stereocenters. The van der Waals surface area contributed by atoms with E-state index >= 15 is 0 Å². The lowest BCUT2D eigenvalue weighted by molar-refractivity contribution is -0.137. The quantitative estimate of drug-likeness (QED) is 0.691. The highest BCUT2D eigenvalue weighted by molar-refractivity contribution is 6.19. The number of hydrogen-bond acceptors (Lipinski definition) is 7. The van der Waals surface area contributed by atoms with Gasteiger partial charge in [-0.2, -0.15) is 0 Å². The van der Waals surface area contributed by atoms with Gasteiger partial charge in [-0.05, 0) is 36.9 Å². The first-order valence-corrected chi connectivity index (χ1v) is 8.77. The van der Waals surface area contributed by atoms with Gasteiger partial charge in [-0.3, -0.25) is 4.98 Å². The number of aliphatic imine (C=N–C) groups is 1. The maximum Gasteiger partial charge on any atom is 0.343 e. The van der Waals surface area contributed by atoms with Crippen molar-refractivity contribution >= 4 is 28.3 Å². The minimum atomic E-state index is -0.390. The summed E-state index contributed by atoms with van der Waals surface area (Å²) < 4.78 is 5.10. The summed E-state index contributed by atoms with van der Waals surface area (Å²) in [5.74, 6) is 0.144. The number of anilines is 1. The van der Waals surface area contributed by atoms with Crippen molar-refractivity contribution in [2.45, 2.75) is 26.6 Å². The molecule has 1 aromatic carbocycles. The van der Waals surface area contributed by atoms with E-state index in [1.165, 1.54) is 0 Å². The molecule has 136 valence electrons. The van der Waals surface area contributed by atoms with Gasteiger partial charge >= 0.3 is 5.97 Å². The van der Waals surface area contributed by atoms with E-state index in [9.17, 15) is 4.79 Å². The maximum atomic E-state index is 12.1. The van der Waals surface area contributed by atoms with Crippen LogP contribution in [0.15, 0.2) is 53.4 Å². The summed E-state index contributed by atoms with van der Waals surface area (Å²) in [5.41, 5.74) is 1.33. The normalized spacial score (nSPS) is 16.3. The molecular weight excluding hydrogens is 330 g/mol. The van der Waals surface area contributed by atoms with Gasteiger partial charge < -0.3 is 20.7 Å². The number of nitrogens with one attached hydrogen (secondary N) is 3. The van der Waals surface area contributed by atoms with Crippen molar-refractivity contribution in [2.75, 3.05) is 18.5 Å². The molecule has 2 heterocycles. The first-order chi connectivity index (χ1) is 12.7. The molecule has 26 heavy (non-hydrogen) atoms. The van der Waals surface area contributed by atoms with Crippen LogP contribution in [-0.2, 0) is 9.53 Å². The molecule has 1 atom stereocenters. The number of carbonyl (C=O) groups excluding carboxylic acids is 1. The lowest BCUT2D eigenvalue weighted by Gasteiger charge is -2.24. The first kappa shape index (κ1) is 17.7. The number of benzene rings is 1. The topological polar surface area (TPSA) is 87.6 Å². The molecule has 0 spiro atoms. The van der Waals surface area contributed by atoms with Gasteiger partial charge in [0, 0.05) is 36.2 Å². The Morgan fingerprint density at radius 1 is 1.27 bits per heavy atom. The summed E-state index contributed by atoms with van der Waals surface area (Å²) in [6, 6.07) is 7.99. The van der Waals surface area contributed by atoms with E-state index < -0.39 is 0 Å². The van der Waals surface area contributed by atoms with Crippen LogP contribution in [0.3, 0.4) is 0 Å². The second-order valence-electron chi connectivity index (χ2n) is 5.83. The van der Waals surface area contributed by atoms with Crippen molar-refractivity contribution in [3.8, 4) is 0 Å². The Morgan fingerprint density at radius 3 is 2.96 bits per heavy atom. The van der Waals surface area contributed by atoms with Gasteiger partial charge in [0.05, 0.1) is 6.61 Å². The SMILES string of the molecule is CCCNC1=NC(Nc2ccc3cnccc3c2)NC=C1C(=O)OCC. The standard InChI is InChI=1S/C19H23N5O2/c1-3-8-21-17-16(18(25)26-4-2)12-22-19(24-17)23-15-6-5-14-11-20-9-7-13(14)10-15/h5-7,9-12,19,22-23H,3-4,8H2,1-2H3,(H,21,24). The van der Waals surface area contributed by atoms with Crippen molar-refractivity contribution < 1.29 is 9.53 Å². The minimum absolute atomic E-state index is 0.324. The molecule has 7 heteroatoms. The highest BCUT2D eigenvalue weighted by Gasteiger charge is 2.23. The number of pyridine rings is 1. The molecule has 0 aliphatic carbocycles. The molecule has 3 N–H and O–H groups in total. The van der Waals surface area contributed by atoms with Crippen LogP contribution in [0.5, 0.6) is 0 Å². The van der Waals surface area contributed by atoms with Crippen LogP contribution in [0.25, 0.3) is 10.8 Å². The maximum absolute atomic E-state index is 12.1. The van der Waals surface area contributed by atoms with Crippen molar-refractivity contribution in [3.63, 3.8) is 0 Å². The van der Waals surface area contributed by atoms with Crippen LogP contribution in [0.2, 0.25) is 0 Å². The van der Waals surface area contributed by atoms with Gasteiger partial charge in [-0.25, -0.2) is 9.79 Å². The van der Waals surface area contributed by atoms with Crippen molar-refractivity contribution in [3.05, 3.63) is 48.4 Å². The number of ether oxygens (including phenoxy) is 1. The molecule has 0 fully saturated rings. The number of carbonyl (C=O) groups is 1. The molecular formula is C19H23N5O2. The predicted octanol–water partition coefficient (Wildman–Crippen LogP) is 2.38. The molecule has 0 radical (unpaired) electrons. The first-order valence-electron chi connectivity index (χ1n) is 8.77. The Kier molecular flexibility index (Phi) is 5.68. The fraction of sp³-hybridized carbons (Fsp3) is 0.316. The van der Waals surface area contributed by atoms with Crippen molar-refractivity contribution in [2.24, 2.45) is 4.99 Å². The fourth-order valence-electron chi connectivity index (χ4n) is 2.62. The van der Waals surface area contributed by atoms with Gasteiger partial charge in [0.15, 0.2) is 6.29 Å². The average Bonchev–Trinajstić information content (AvgIpc) is 2.66. The Bertz CT molecular complexity index is 847. The van der Waals surface area contributed by atoms with Gasteiger partial charge in [-0.15, -0.1) is 0 Å². The number of hydrogen-bond donors (Lipinski definition) is 3. The zero-order valence-electron chi connectivity index (χ0n) is 15.0. The summed E-state index contributed by atoms with van der Waals surface area (Å²) in [6.45, 7) is 4.89. The van der Waals surface area contributed by atoms with Gasteiger partial charge in [0.2, 0.25) is 0 Å². The molecule has 3 rings (SSSR count). The van der Waals surface area contributed by atoms with E-state index in [0.29, 0.717) is 18.0 Å². The lowest BCUT2D eigenvalue weighted by Crippen LogP contribution is -2.42. The van der Waals surface area contributed by atoms with E-state index in [4.69, 9.17) is 4.74 Å². The second-order valence-corrected chi connectivity index (χ2v) is 5.83. The third kappa shape index (κ3) is 4.11. The highest BCUT2D eigenvalue weighted by Crippen LogP contribution is 2.19. The van der Waals surface area contributed by atoms with Gasteiger partial charge in [0.25, 0.3) is 0 Å². The van der Waals surface area contributed by atoms with Crippen LogP contribution in [0, 0.1) is 0 Å². The van der Waals surface area contributed by atoms with E-state index in [2.05, 4.69) is 32.9 Å². The number of amidine groups is 1. The van der Waals surface area contributed by atoms with E-state index in [1.54, 1.807) is 19.3 Å². The zero-order chi connectivity index (χ0) is 18.4. The summed E-state index contributed by atoms with van der Waals surface area (Å²) in [4.78, 5) is 20.8. The number of aromatic nitrogens is 1. The van der Waals surface area contributed by atoms with Crippen molar-refractivity contribution in [1.82, 2.24) is 15.6 Å². The Balaban J connectivity index is 1.77. The van der Waals surface area contributed by atoms with E-state index in [0.717, 1.165) is 29.4 Å². The van der Waals surface area contributed by atoms with Gasteiger partial charge in [0.1, 0.15) is 11.4 Å². The van der Waals surface area contributed by atoms with E-state index in [1.807, 2.05) is 30.5 Å². The molecule has 0 saturated heterocycles. The van der Waals surface area contributed by atoms with E-state index in [-0.39, 0.29) is 12.3 Å². The van der Waals surface area contributed by atoms with Crippen LogP contribution in [0.4, 0.5) is 5.69 Å². The third-order valence-corrected chi connectivity index (χ3v) is 3.88. The molecule has 1 aliphatic rings. The van der Waals surface area contributed by atoms with Crippen molar-refractivity contribution in [1.29, 1.82) is 0 Å². The second kappa shape index (κ2) is 8.33. The molecule has 0 bridgehead atoms. The fourth-order valence-corrected chi connectivity index (χ4v) is 2.62. The minimum Gasteiger partial charge on any atom is -0.462 e. The number of nitrogens with zero attached hydrogens (tertiary/aromatic N) is 2. The molecule has 1 aromatic heterocycles. The summed E-state index contributed by atoms with van der Waals surface area (Å²) in [7, 11) is 0. The summed E-state index contributed by atoms with van der Waals surface area (Å²) >= 11 is 0.